The van der Waals surface area contributed by atoms with Gasteiger partial charge in [0.05, 0.1) is 6.10 Å². The van der Waals surface area contributed by atoms with Gasteiger partial charge in [-0.15, -0.1) is 6.58 Å². The molecule has 3 heteroatoms. The van der Waals surface area contributed by atoms with Gasteiger partial charge in [0.15, 0.2) is 0 Å². The summed E-state index contributed by atoms with van der Waals surface area (Å²) in [6, 6.07) is 3.47. The highest BCUT2D eigenvalue weighted by atomic mass is 35.5. The maximum atomic E-state index is 9.74. The maximum Gasteiger partial charge on any atom is 0.129 e. The smallest absolute Gasteiger partial charge is 0.129 e. The number of aromatic nitrogens is 1. The molecular formula is C11H14ClNO. The predicted octanol–water partition coefficient (Wildman–Crippen LogP) is 3.12. The van der Waals surface area contributed by atoms with Crippen molar-refractivity contribution in [2.45, 2.75) is 25.9 Å². The quantitative estimate of drug-likeness (QED) is 0.613. The van der Waals surface area contributed by atoms with Gasteiger partial charge in [0.2, 0.25) is 0 Å². The zero-order valence-corrected chi connectivity index (χ0v) is 8.96. The molecule has 76 valence electrons. The van der Waals surface area contributed by atoms with Crippen LogP contribution in [-0.4, -0.2) is 10.1 Å². The van der Waals surface area contributed by atoms with Gasteiger partial charge in [-0.05, 0) is 31.4 Å². The molecule has 0 saturated carbocycles. The SMILES string of the molecule is C=C(C)CCC(O)c1ccc(Cl)nc1. The van der Waals surface area contributed by atoms with Gasteiger partial charge in [-0.1, -0.05) is 23.2 Å². The average molecular weight is 212 g/mol. The Balaban J connectivity index is 2.56. The second-order valence-electron chi connectivity index (χ2n) is 3.43. The molecule has 1 rings (SSSR count). The third-order valence-corrected chi connectivity index (χ3v) is 2.20. The van der Waals surface area contributed by atoms with Crippen LogP contribution in [0.25, 0.3) is 0 Å². The highest BCUT2D eigenvalue weighted by molar-refractivity contribution is 6.29. The molecule has 0 aliphatic heterocycles. The van der Waals surface area contributed by atoms with Crippen molar-refractivity contribution in [3.8, 4) is 0 Å². The Labute approximate surface area is 89.2 Å². The van der Waals surface area contributed by atoms with Gasteiger partial charge >= 0.3 is 0 Å². The first-order valence-corrected chi connectivity index (χ1v) is 4.91. The molecule has 0 radical (unpaired) electrons. The van der Waals surface area contributed by atoms with Gasteiger partial charge in [-0.2, -0.15) is 0 Å². The molecule has 1 atom stereocenters. The summed E-state index contributed by atoms with van der Waals surface area (Å²) in [6.45, 7) is 5.74. The van der Waals surface area contributed by atoms with E-state index in [9.17, 15) is 5.11 Å². The lowest BCUT2D eigenvalue weighted by atomic mass is 10.0. The van der Waals surface area contributed by atoms with E-state index >= 15 is 0 Å². The molecule has 14 heavy (non-hydrogen) atoms. The third kappa shape index (κ3) is 3.48. The van der Waals surface area contributed by atoms with Crippen molar-refractivity contribution in [1.82, 2.24) is 4.98 Å². The van der Waals surface area contributed by atoms with E-state index < -0.39 is 6.10 Å². The van der Waals surface area contributed by atoms with Crippen molar-refractivity contribution in [3.05, 3.63) is 41.2 Å². The minimum Gasteiger partial charge on any atom is -0.388 e. The number of halogens is 1. The zero-order chi connectivity index (χ0) is 10.6. The molecule has 1 unspecified atom stereocenters. The molecule has 0 fully saturated rings. The zero-order valence-electron chi connectivity index (χ0n) is 8.20. The Morgan fingerprint density at radius 3 is 2.86 bits per heavy atom. The van der Waals surface area contributed by atoms with E-state index in [0.29, 0.717) is 11.6 Å². The summed E-state index contributed by atoms with van der Waals surface area (Å²) in [5.41, 5.74) is 1.88. The fourth-order valence-electron chi connectivity index (χ4n) is 1.13. The van der Waals surface area contributed by atoms with Gasteiger partial charge in [-0.3, -0.25) is 0 Å². The Morgan fingerprint density at radius 2 is 2.36 bits per heavy atom. The highest BCUT2D eigenvalue weighted by Crippen LogP contribution is 2.20. The number of pyridine rings is 1. The average Bonchev–Trinajstić information content (AvgIpc) is 2.15. The lowest BCUT2D eigenvalue weighted by molar-refractivity contribution is 0.167. The molecule has 0 spiro atoms. The topological polar surface area (TPSA) is 33.1 Å². The van der Waals surface area contributed by atoms with E-state index in [2.05, 4.69) is 11.6 Å². The van der Waals surface area contributed by atoms with Crippen LogP contribution in [0.15, 0.2) is 30.5 Å². The van der Waals surface area contributed by atoms with Crippen LogP contribution in [0.2, 0.25) is 5.15 Å². The van der Waals surface area contributed by atoms with Crippen molar-refractivity contribution < 1.29 is 5.11 Å². The number of hydrogen-bond acceptors (Lipinski definition) is 2. The fourth-order valence-corrected chi connectivity index (χ4v) is 1.25. The van der Waals surface area contributed by atoms with Gasteiger partial charge in [0, 0.05) is 6.20 Å². The van der Waals surface area contributed by atoms with Crippen molar-refractivity contribution >= 4 is 11.6 Å². The summed E-state index contributed by atoms with van der Waals surface area (Å²) in [5.74, 6) is 0. The van der Waals surface area contributed by atoms with E-state index in [1.54, 1.807) is 18.3 Å². The molecule has 0 aliphatic carbocycles. The first kappa shape index (κ1) is 11.2. The van der Waals surface area contributed by atoms with Crippen LogP contribution in [0.3, 0.4) is 0 Å². The maximum absolute atomic E-state index is 9.74. The van der Waals surface area contributed by atoms with Crippen molar-refractivity contribution in [3.63, 3.8) is 0 Å². The molecule has 1 aromatic heterocycles. The highest BCUT2D eigenvalue weighted by Gasteiger charge is 2.07. The van der Waals surface area contributed by atoms with Crippen LogP contribution in [0.5, 0.6) is 0 Å². The van der Waals surface area contributed by atoms with Gasteiger partial charge in [-0.25, -0.2) is 4.98 Å². The summed E-state index contributed by atoms with van der Waals surface area (Å²) in [6.07, 6.45) is 2.63. The lowest BCUT2D eigenvalue weighted by Gasteiger charge is -2.09. The molecule has 1 N–H and O–H groups in total. The van der Waals surface area contributed by atoms with E-state index in [-0.39, 0.29) is 0 Å². The molecular weight excluding hydrogens is 198 g/mol. The van der Waals surface area contributed by atoms with Crippen molar-refractivity contribution in [1.29, 1.82) is 0 Å². The van der Waals surface area contributed by atoms with E-state index in [1.165, 1.54) is 0 Å². The van der Waals surface area contributed by atoms with Crippen LogP contribution in [0.1, 0.15) is 31.4 Å². The second-order valence-corrected chi connectivity index (χ2v) is 3.81. The van der Waals surface area contributed by atoms with Crippen LogP contribution in [0.4, 0.5) is 0 Å². The molecule has 0 aromatic carbocycles. The second kappa shape index (κ2) is 5.13. The van der Waals surface area contributed by atoms with Crippen LogP contribution >= 0.6 is 11.6 Å². The summed E-state index contributed by atoms with van der Waals surface area (Å²) in [5, 5.41) is 10.2. The Bertz CT molecular complexity index is 308. The normalized spacial score (nSPS) is 12.5. The van der Waals surface area contributed by atoms with Crippen LogP contribution < -0.4 is 0 Å². The van der Waals surface area contributed by atoms with Crippen LogP contribution in [0, 0.1) is 0 Å². The Hall–Kier alpha value is -0.860. The Kier molecular flexibility index (Phi) is 4.11. The van der Waals surface area contributed by atoms with Crippen molar-refractivity contribution in [2.75, 3.05) is 0 Å². The summed E-state index contributed by atoms with van der Waals surface area (Å²) >= 11 is 5.64. The van der Waals surface area contributed by atoms with Gasteiger partial charge in [0.1, 0.15) is 5.15 Å². The monoisotopic (exact) mass is 211 g/mol. The molecule has 1 heterocycles. The first-order chi connectivity index (χ1) is 6.59. The Morgan fingerprint density at radius 1 is 1.64 bits per heavy atom. The molecule has 0 aliphatic rings. The predicted molar refractivity (Wildman–Crippen MR) is 58.3 cm³/mol. The lowest BCUT2D eigenvalue weighted by Crippen LogP contribution is -1.98. The number of aliphatic hydroxyl groups is 1. The summed E-state index contributed by atoms with van der Waals surface area (Å²) in [7, 11) is 0. The largest absolute Gasteiger partial charge is 0.388 e. The van der Waals surface area contributed by atoms with Crippen LogP contribution in [-0.2, 0) is 0 Å². The van der Waals surface area contributed by atoms with Gasteiger partial charge < -0.3 is 5.11 Å². The molecule has 0 amide bonds. The summed E-state index contributed by atoms with van der Waals surface area (Å²) < 4.78 is 0. The standard InChI is InChI=1S/C11H14ClNO/c1-8(2)3-5-10(14)9-4-6-11(12)13-7-9/h4,6-7,10,14H,1,3,5H2,2H3. The van der Waals surface area contributed by atoms with E-state index in [4.69, 9.17) is 11.6 Å². The fraction of sp³-hybridized carbons (Fsp3) is 0.364. The van der Waals surface area contributed by atoms with E-state index in [0.717, 1.165) is 17.6 Å². The number of rotatable bonds is 4. The number of allylic oxidation sites excluding steroid dienone is 1. The molecule has 0 saturated heterocycles. The summed E-state index contributed by atoms with van der Waals surface area (Å²) in [4.78, 5) is 3.91. The third-order valence-electron chi connectivity index (χ3n) is 1.98. The minimum absolute atomic E-state index is 0.445. The first-order valence-electron chi connectivity index (χ1n) is 4.53. The minimum atomic E-state index is -0.475. The van der Waals surface area contributed by atoms with E-state index in [1.807, 2.05) is 6.92 Å². The van der Waals surface area contributed by atoms with Gasteiger partial charge in [0.25, 0.3) is 0 Å². The number of hydrogen-bond donors (Lipinski definition) is 1. The molecule has 2 nitrogen and oxygen atoms in total. The molecule has 1 aromatic rings. The molecule has 0 bridgehead atoms. The number of aliphatic hydroxyl groups excluding tert-OH is 1. The van der Waals surface area contributed by atoms with Crippen molar-refractivity contribution in [2.24, 2.45) is 0 Å². The number of nitrogens with zero attached hydrogens (tertiary/aromatic N) is 1.